The Balaban J connectivity index is 1.92. The molecule has 0 atom stereocenters. The van der Waals surface area contributed by atoms with Gasteiger partial charge in [-0.15, -0.1) is 5.10 Å². The maximum atomic E-state index is 11.7. The number of hydrogen-bond acceptors (Lipinski definition) is 5. The van der Waals surface area contributed by atoms with Gasteiger partial charge in [-0.1, -0.05) is 11.3 Å². The molecule has 1 aromatic heterocycles. The van der Waals surface area contributed by atoms with Crippen LogP contribution in [0.5, 0.6) is 5.75 Å². The van der Waals surface area contributed by atoms with E-state index < -0.39 is 0 Å². The minimum absolute atomic E-state index is 0.119. The number of amides is 1. The van der Waals surface area contributed by atoms with E-state index in [2.05, 4.69) is 15.6 Å². The molecule has 100 valence electrons. The van der Waals surface area contributed by atoms with Crippen molar-refractivity contribution in [1.29, 1.82) is 0 Å². The number of benzene rings is 1. The number of nitrogens with one attached hydrogen (secondary N) is 1. The zero-order chi connectivity index (χ0) is 13.5. The van der Waals surface area contributed by atoms with Crippen molar-refractivity contribution in [3.63, 3.8) is 0 Å². The van der Waals surface area contributed by atoms with Gasteiger partial charge < -0.3 is 15.8 Å². The quantitative estimate of drug-likeness (QED) is 0.777. The second-order valence-electron chi connectivity index (χ2n) is 3.81. The van der Waals surface area contributed by atoms with Crippen molar-refractivity contribution < 1.29 is 9.53 Å². The average Bonchev–Trinajstić information content (AvgIpc) is 2.89. The monoisotopic (exact) mass is 261 g/mol. The van der Waals surface area contributed by atoms with Crippen LogP contribution in [0.4, 0.5) is 5.69 Å². The molecular formula is C12H15N5O2. The zero-order valence-corrected chi connectivity index (χ0v) is 10.3. The van der Waals surface area contributed by atoms with Crippen molar-refractivity contribution in [1.82, 2.24) is 15.0 Å². The van der Waals surface area contributed by atoms with Crippen LogP contribution in [0.25, 0.3) is 0 Å². The zero-order valence-electron chi connectivity index (χ0n) is 10.3. The largest absolute Gasteiger partial charge is 0.492 e. The Morgan fingerprint density at radius 3 is 3.11 bits per heavy atom. The summed E-state index contributed by atoms with van der Waals surface area (Å²) in [5.41, 5.74) is 6.03. The first-order valence-electron chi connectivity index (χ1n) is 5.85. The number of nitrogens with zero attached hydrogens (tertiary/aromatic N) is 3. The van der Waals surface area contributed by atoms with Crippen LogP contribution in [0, 0.1) is 0 Å². The summed E-state index contributed by atoms with van der Waals surface area (Å²) in [7, 11) is 0. The van der Waals surface area contributed by atoms with E-state index in [0.717, 1.165) is 0 Å². The molecule has 2 aromatic rings. The van der Waals surface area contributed by atoms with Crippen molar-refractivity contribution in [2.75, 3.05) is 18.5 Å². The first kappa shape index (κ1) is 13.0. The molecule has 0 unspecified atom stereocenters. The van der Waals surface area contributed by atoms with Gasteiger partial charge in [0, 0.05) is 24.5 Å². The second-order valence-corrected chi connectivity index (χ2v) is 3.81. The molecule has 0 aliphatic rings. The number of carbonyl (C=O) groups is 1. The number of carbonyl (C=O) groups excluding carboxylic acids is 1. The summed E-state index contributed by atoms with van der Waals surface area (Å²) in [4.78, 5) is 11.7. The van der Waals surface area contributed by atoms with Crippen LogP contribution in [0.3, 0.4) is 0 Å². The fraction of sp³-hybridized carbons (Fsp3) is 0.250. The minimum atomic E-state index is -0.179. The lowest BCUT2D eigenvalue weighted by Gasteiger charge is -2.08. The molecule has 0 saturated heterocycles. The van der Waals surface area contributed by atoms with Crippen LogP contribution >= 0.6 is 0 Å². The van der Waals surface area contributed by atoms with Gasteiger partial charge in [0.15, 0.2) is 0 Å². The first-order valence-corrected chi connectivity index (χ1v) is 5.85. The molecule has 0 saturated carbocycles. The minimum Gasteiger partial charge on any atom is -0.492 e. The van der Waals surface area contributed by atoms with Gasteiger partial charge in [-0.3, -0.25) is 4.79 Å². The summed E-state index contributed by atoms with van der Waals surface area (Å²) in [6, 6.07) is 7.14. The summed E-state index contributed by atoms with van der Waals surface area (Å²) in [5.74, 6) is 0.491. The van der Waals surface area contributed by atoms with Crippen LogP contribution in [-0.2, 0) is 11.3 Å². The SMILES string of the molecule is NCCOc1cccc(NC(=O)Cn2ccnn2)c1. The van der Waals surface area contributed by atoms with E-state index in [0.29, 0.717) is 24.6 Å². The molecule has 1 aromatic carbocycles. The van der Waals surface area contributed by atoms with Gasteiger partial charge in [0.25, 0.3) is 0 Å². The number of aromatic nitrogens is 3. The van der Waals surface area contributed by atoms with E-state index in [4.69, 9.17) is 10.5 Å². The highest BCUT2D eigenvalue weighted by atomic mass is 16.5. The molecule has 0 spiro atoms. The third kappa shape index (κ3) is 4.07. The highest BCUT2D eigenvalue weighted by molar-refractivity contribution is 5.90. The average molecular weight is 261 g/mol. The van der Waals surface area contributed by atoms with Crippen LogP contribution in [0.15, 0.2) is 36.7 Å². The smallest absolute Gasteiger partial charge is 0.246 e. The standard InChI is InChI=1S/C12H15N5O2/c13-4-7-19-11-3-1-2-10(8-11)15-12(18)9-17-6-5-14-16-17/h1-3,5-6,8H,4,7,9,13H2,(H,15,18). The van der Waals surface area contributed by atoms with E-state index in [1.165, 1.54) is 10.9 Å². The highest BCUT2D eigenvalue weighted by Crippen LogP contribution is 2.17. The van der Waals surface area contributed by atoms with Crippen molar-refractivity contribution >= 4 is 11.6 Å². The maximum Gasteiger partial charge on any atom is 0.246 e. The van der Waals surface area contributed by atoms with E-state index in [9.17, 15) is 4.79 Å². The number of hydrogen-bond donors (Lipinski definition) is 2. The Hall–Kier alpha value is -2.41. The molecule has 0 radical (unpaired) electrons. The molecule has 2 rings (SSSR count). The Kier molecular flexibility index (Phi) is 4.46. The molecule has 0 aliphatic carbocycles. The summed E-state index contributed by atoms with van der Waals surface area (Å²) in [6.45, 7) is 1.01. The number of rotatable bonds is 6. The number of nitrogens with two attached hydrogens (primary N) is 1. The lowest BCUT2D eigenvalue weighted by molar-refractivity contribution is -0.116. The molecule has 1 amide bonds. The van der Waals surface area contributed by atoms with E-state index in [1.54, 1.807) is 24.4 Å². The van der Waals surface area contributed by atoms with E-state index in [1.807, 2.05) is 6.07 Å². The normalized spacial score (nSPS) is 10.2. The van der Waals surface area contributed by atoms with Gasteiger partial charge in [-0.2, -0.15) is 0 Å². The highest BCUT2D eigenvalue weighted by Gasteiger charge is 2.04. The van der Waals surface area contributed by atoms with Gasteiger partial charge >= 0.3 is 0 Å². The molecule has 0 aliphatic heterocycles. The number of anilines is 1. The van der Waals surface area contributed by atoms with Gasteiger partial charge in [-0.25, -0.2) is 4.68 Å². The van der Waals surface area contributed by atoms with Gasteiger partial charge in [0.2, 0.25) is 5.91 Å². The topological polar surface area (TPSA) is 95.1 Å². The predicted octanol–water partition coefficient (Wildman–Crippen LogP) is 0.254. The van der Waals surface area contributed by atoms with Gasteiger partial charge in [0.1, 0.15) is 18.9 Å². The molecular weight excluding hydrogens is 246 g/mol. The molecule has 7 nitrogen and oxygen atoms in total. The third-order valence-corrected chi connectivity index (χ3v) is 2.28. The van der Waals surface area contributed by atoms with Crippen LogP contribution in [-0.4, -0.2) is 34.1 Å². The Bertz CT molecular complexity index is 527. The fourth-order valence-electron chi connectivity index (χ4n) is 1.51. The maximum absolute atomic E-state index is 11.7. The Labute approximate surface area is 110 Å². The lowest BCUT2D eigenvalue weighted by Crippen LogP contribution is -2.19. The van der Waals surface area contributed by atoms with E-state index in [-0.39, 0.29) is 12.5 Å². The summed E-state index contributed by atoms with van der Waals surface area (Å²) in [5, 5.41) is 10.1. The summed E-state index contributed by atoms with van der Waals surface area (Å²) in [6.07, 6.45) is 3.15. The molecule has 0 bridgehead atoms. The molecule has 19 heavy (non-hydrogen) atoms. The van der Waals surface area contributed by atoms with Crippen LogP contribution < -0.4 is 15.8 Å². The molecule has 1 heterocycles. The van der Waals surface area contributed by atoms with Crippen molar-refractivity contribution in [3.05, 3.63) is 36.7 Å². The molecule has 3 N–H and O–H groups in total. The lowest BCUT2D eigenvalue weighted by atomic mass is 10.3. The van der Waals surface area contributed by atoms with Crippen molar-refractivity contribution in [2.24, 2.45) is 5.73 Å². The number of ether oxygens (including phenoxy) is 1. The first-order chi connectivity index (χ1) is 9.28. The Morgan fingerprint density at radius 1 is 1.47 bits per heavy atom. The molecule has 0 fully saturated rings. The van der Waals surface area contributed by atoms with Crippen LogP contribution in [0.1, 0.15) is 0 Å². The van der Waals surface area contributed by atoms with Gasteiger partial charge in [0.05, 0.1) is 6.20 Å². The predicted molar refractivity (Wildman–Crippen MR) is 69.6 cm³/mol. The third-order valence-electron chi connectivity index (χ3n) is 2.28. The van der Waals surface area contributed by atoms with Crippen LogP contribution in [0.2, 0.25) is 0 Å². The van der Waals surface area contributed by atoms with Crippen molar-refractivity contribution in [3.8, 4) is 5.75 Å². The van der Waals surface area contributed by atoms with Gasteiger partial charge in [-0.05, 0) is 12.1 Å². The van der Waals surface area contributed by atoms with E-state index >= 15 is 0 Å². The van der Waals surface area contributed by atoms with Crippen molar-refractivity contribution in [2.45, 2.75) is 6.54 Å². The summed E-state index contributed by atoms with van der Waals surface area (Å²) < 4.78 is 6.83. The summed E-state index contributed by atoms with van der Waals surface area (Å²) >= 11 is 0. The second kappa shape index (κ2) is 6.50. The molecule has 7 heteroatoms. The fourth-order valence-corrected chi connectivity index (χ4v) is 1.51. The Morgan fingerprint density at radius 2 is 2.37 bits per heavy atom.